The minimum absolute atomic E-state index is 0.0476. The van der Waals surface area contributed by atoms with Gasteiger partial charge in [0.2, 0.25) is 0 Å². The van der Waals surface area contributed by atoms with Gasteiger partial charge in [-0.1, -0.05) is 20.8 Å². The van der Waals surface area contributed by atoms with E-state index in [9.17, 15) is 0 Å². The highest BCUT2D eigenvalue weighted by atomic mass is 32.1. The second kappa shape index (κ2) is 5.96. The molecule has 0 spiro atoms. The van der Waals surface area contributed by atoms with Crippen LogP contribution in [-0.2, 0) is 5.41 Å². The molecule has 6 rings (SSSR count). The van der Waals surface area contributed by atoms with Gasteiger partial charge >= 0.3 is 0 Å². The quantitative estimate of drug-likeness (QED) is 0.274. The number of benzene rings is 2. The lowest BCUT2D eigenvalue weighted by Crippen LogP contribution is -2.11. The number of fused-ring (bicyclic) bond motifs is 6. The summed E-state index contributed by atoms with van der Waals surface area (Å²) in [5, 5.41) is 6.58. The number of furan rings is 2. The zero-order valence-corrected chi connectivity index (χ0v) is 18.2. The number of thiophene rings is 1. The van der Waals surface area contributed by atoms with Crippen molar-refractivity contribution in [1.82, 2.24) is 4.98 Å². The number of aromatic nitrogens is 1. The lowest BCUT2D eigenvalue weighted by Gasteiger charge is -2.21. The number of nitrogens with zero attached hydrogens (tertiary/aromatic N) is 1. The maximum atomic E-state index is 6.31. The molecule has 0 saturated carbocycles. The molecular formula is C26H21NO2S. The van der Waals surface area contributed by atoms with Crippen LogP contribution in [-0.4, -0.2) is 4.98 Å². The molecule has 0 unspecified atom stereocenters. The fourth-order valence-corrected chi connectivity index (χ4v) is 5.52. The van der Waals surface area contributed by atoms with Gasteiger partial charge in [-0.3, -0.25) is 4.98 Å². The molecule has 0 amide bonds. The number of hydrogen-bond acceptors (Lipinski definition) is 4. The molecule has 30 heavy (non-hydrogen) atoms. The molecule has 0 radical (unpaired) electrons. The highest BCUT2D eigenvalue weighted by Gasteiger charge is 2.22. The third-order valence-electron chi connectivity index (χ3n) is 5.80. The van der Waals surface area contributed by atoms with Crippen molar-refractivity contribution in [3.8, 4) is 11.3 Å². The molecule has 0 atom stereocenters. The van der Waals surface area contributed by atoms with Crippen molar-refractivity contribution in [3.63, 3.8) is 0 Å². The lowest BCUT2D eigenvalue weighted by molar-refractivity contribution is 0.578. The molecule has 2 aromatic carbocycles. The van der Waals surface area contributed by atoms with Crippen molar-refractivity contribution in [3.05, 3.63) is 65.4 Å². The molecule has 4 aromatic heterocycles. The van der Waals surface area contributed by atoms with Crippen LogP contribution in [0, 0.1) is 6.92 Å². The van der Waals surface area contributed by atoms with E-state index >= 15 is 0 Å². The molecule has 0 aliphatic heterocycles. The molecule has 0 bridgehead atoms. The van der Waals surface area contributed by atoms with Gasteiger partial charge in [-0.25, -0.2) is 0 Å². The summed E-state index contributed by atoms with van der Waals surface area (Å²) < 4.78 is 13.5. The predicted molar refractivity (Wildman–Crippen MR) is 126 cm³/mol. The van der Waals surface area contributed by atoms with Gasteiger partial charge in [-0.2, -0.15) is 0 Å². The molecule has 3 nitrogen and oxygen atoms in total. The first-order valence-electron chi connectivity index (χ1n) is 10.1. The molecular weight excluding hydrogens is 390 g/mol. The van der Waals surface area contributed by atoms with Crippen LogP contribution in [0.2, 0.25) is 0 Å². The van der Waals surface area contributed by atoms with E-state index in [0.717, 1.165) is 49.9 Å². The van der Waals surface area contributed by atoms with Crippen molar-refractivity contribution >= 4 is 54.3 Å². The molecule has 0 aliphatic carbocycles. The van der Waals surface area contributed by atoms with Crippen molar-refractivity contribution in [2.24, 2.45) is 0 Å². The van der Waals surface area contributed by atoms with Gasteiger partial charge < -0.3 is 8.83 Å². The summed E-state index contributed by atoms with van der Waals surface area (Å²) in [5.74, 6) is 0.883. The second-order valence-electron chi connectivity index (χ2n) is 8.96. The van der Waals surface area contributed by atoms with Crippen LogP contribution in [0.15, 0.2) is 62.9 Å². The Hall–Kier alpha value is -3.11. The highest BCUT2D eigenvalue weighted by Crippen LogP contribution is 2.42. The Balaban J connectivity index is 1.72. The molecule has 0 fully saturated rings. The maximum Gasteiger partial charge on any atom is 0.146 e. The zero-order valence-electron chi connectivity index (χ0n) is 17.4. The van der Waals surface area contributed by atoms with Crippen molar-refractivity contribution < 1.29 is 8.83 Å². The van der Waals surface area contributed by atoms with Crippen LogP contribution < -0.4 is 0 Å². The average Bonchev–Trinajstić information content (AvgIpc) is 3.40. The summed E-state index contributed by atoms with van der Waals surface area (Å²) >= 11 is 1.81. The Kier molecular flexibility index (Phi) is 3.52. The first kappa shape index (κ1) is 17.7. The third-order valence-corrected chi connectivity index (χ3v) is 6.76. The Labute approximate surface area is 177 Å². The molecule has 4 heterocycles. The SMILES string of the molecule is Cc1cc2c(ccc3c2oc2ccnc(-c4cc(C(C)(C)C)c5sccc5c4)c23)o1. The van der Waals surface area contributed by atoms with Crippen molar-refractivity contribution in [2.75, 3.05) is 0 Å². The Morgan fingerprint density at radius 3 is 2.60 bits per heavy atom. The second-order valence-corrected chi connectivity index (χ2v) is 9.87. The molecule has 0 saturated heterocycles. The Morgan fingerprint density at radius 1 is 0.900 bits per heavy atom. The van der Waals surface area contributed by atoms with E-state index in [4.69, 9.17) is 13.8 Å². The standard InChI is InChI=1S/C26H21NO2S/c1-14-11-18-20(28-14)6-5-17-22-21(29-24(17)18)7-9-27-23(22)16-12-15-8-10-30-25(15)19(13-16)26(2,3)4/h5-13H,1-4H3. The van der Waals surface area contributed by atoms with Crippen LogP contribution in [0.5, 0.6) is 0 Å². The number of aryl methyl sites for hydroxylation is 1. The minimum atomic E-state index is 0.0476. The van der Waals surface area contributed by atoms with Crippen LogP contribution >= 0.6 is 11.3 Å². The van der Waals surface area contributed by atoms with Crippen molar-refractivity contribution in [1.29, 1.82) is 0 Å². The van der Waals surface area contributed by atoms with Crippen LogP contribution in [0.3, 0.4) is 0 Å². The Bertz CT molecular complexity index is 1590. The number of hydrogen-bond donors (Lipinski definition) is 0. The minimum Gasteiger partial charge on any atom is -0.461 e. The van der Waals surface area contributed by atoms with E-state index in [1.807, 2.05) is 31.3 Å². The average molecular weight is 412 g/mol. The van der Waals surface area contributed by atoms with Crippen LogP contribution in [0.1, 0.15) is 32.1 Å². The molecule has 4 heteroatoms. The van der Waals surface area contributed by atoms with Crippen molar-refractivity contribution in [2.45, 2.75) is 33.1 Å². The third kappa shape index (κ3) is 2.47. The van der Waals surface area contributed by atoms with Gasteiger partial charge in [0.25, 0.3) is 0 Å². The summed E-state index contributed by atoms with van der Waals surface area (Å²) in [4.78, 5) is 4.82. The van der Waals surface area contributed by atoms with E-state index in [2.05, 4.69) is 50.4 Å². The van der Waals surface area contributed by atoms with Gasteiger partial charge in [0.05, 0.1) is 16.5 Å². The van der Waals surface area contributed by atoms with E-state index in [1.54, 1.807) is 11.3 Å². The maximum absolute atomic E-state index is 6.31. The van der Waals surface area contributed by atoms with Gasteiger partial charge in [0.1, 0.15) is 22.5 Å². The first-order chi connectivity index (χ1) is 14.4. The molecule has 0 aliphatic rings. The zero-order chi connectivity index (χ0) is 20.6. The highest BCUT2D eigenvalue weighted by molar-refractivity contribution is 7.17. The molecule has 148 valence electrons. The molecule has 6 aromatic rings. The van der Waals surface area contributed by atoms with Gasteiger partial charge in [0, 0.05) is 21.8 Å². The summed E-state index contributed by atoms with van der Waals surface area (Å²) in [5.41, 5.74) is 6.05. The molecule has 0 N–H and O–H groups in total. The first-order valence-corrected chi connectivity index (χ1v) is 11.0. The number of rotatable bonds is 1. The summed E-state index contributed by atoms with van der Waals surface area (Å²) in [7, 11) is 0. The fraction of sp³-hybridized carbons (Fsp3) is 0.192. The van der Waals surface area contributed by atoms with E-state index in [-0.39, 0.29) is 5.41 Å². The van der Waals surface area contributed by atoms with Gasteiger partial charge in [-0.05, 0) is 71.1 Å². The van der Waals surface area contributed by atoms with Crippen LogP contribution in [0.25, 0.3) is 54.3 Å². The monoisotopic (exact) mass is 411 g/mol. The van der Waals surface area contributed by atoms with Crippen LogP contribution in [0.4, 0.5) is 0 Å². The number of pyridine rings is 1. The van der Waals surface area contributed by atoms with Gasteiger partial charge in [0.15, 0.2) is 0 Å². The fourth-order valence-electron chi connectivity index (χ4n) is 4.41. The van der Waals surface area contributed by atoms with Gasteiger partial charge in [-0.15, -0.1) is 11.3 Å². The summed E-state index contributed by atoms with van der Waals surface area (Å²) in [6.07, 6.45) is 1.84. The van der Waals surface area contributed by atoms with E-state index in [1.165, 1.54) is 15.6 Å². The van der Waals surface area contributed by atoms with E-state index < -0.39 is 0 Å². The van der Waals surface area contributed by atoms with E-state index in [0.29, 0.717) is 0 Å². The smallest absolute Gasteiger partial charge is 0.146 e. The summed E-state index contributed by atoms with van der Waals surface area (Å²) in [6, 6.07) is 14.9. The predicted octanol–water partition coefficient (Wildman–Crippen LogP) is 8.21. The Morgan fingerprint density at radius 2 is 1.77 bits per heavy atom. The summed E-state index contributed by atoms with van der Waals surface area (Å²) in [6.45, 7) is 8.77. The largest absolute Gasteiger partial charge is 0.461 e. The normalized spacial score (nSPS) is 12.7. The lowest BCUT2D eigenvalue weighted by atomic mass is 9.85. The topological polar surface area (TPSA) is 39.2 Å².